The van der Waals surface area contributed by atoms with Crippen LogP contribution in [0.2, 0.25) is 0 Å². The lowest BCUT2D eigenvalue weighted by Crippen LogP contribution is -2.26. The minimum absolute atomic E-state index is 0.212. The highest BCUT2D eigenvalue weighted by atomic mass is 79.9. The number of nitrogens with zero attached hydrogens (tertiary/aromatic N) is 2. The molecule has 0 saturated carbocycles. The second-order valence-corrected chi connectivity index (χ2v) is 6.77. The lowest BCUT2D eigenvalue weighted by Gasteiger charge is -2.21. The van der Waals surface area contributed by atoms with E-state index in [0.717, 1.165) is 21.5 Å². The smallest absolute Gasteiger partial charge is 0.310 e. The van der Waals surface area contributed by atoms with Crippen molar-refractivity contribution in [2.75, 3.05) is 0 Å². The van der Waals surface area contributed by atoms with Crippen molar-refractivity contribution in [1.29, 1.82) is 0 Å². The molecule has 1 aliphatic rings. The van der Waals surface area contributed by atoms with Gasteiger partial charge < -0.3 is 8.83 Å². The average molecular weight is 399 g/mol. The summed E-state index contributed by atoms with van der Waals surface area (Å²) in [6.07, 6.45) is 2.06. The second-order valence-electron chi connectivity index (χ2n) is 5.86. The average Bonchev–Trinajstić information content (AvgIpc) is 3.34. The first kappa shape index (κ1) is 15.9. The SMILES string of the molecule is Cc1ccc(C2=NN(C(=O)c3ccco3)[C@H](c3cccc(Br)c3)C2)o1. The van der Waals surface area contributed by atoms with Gasteiger partial charge in [-0.05, 0) is 48.9 Å². The summed E-state index contributed by atoms with van der Waals surface area (Å²) in [6.45, 7) is 1.89. The predicted octanol–water partition coefficient (Wildman–Crippen LogP) is 4.94. The van der Waals surface area contributed by atoms with Gasteiger partial charge in [0.2, 0.25) is 0 Å². The van der Waals surface area contributed by atoms with Crippen molar-refractivity contribution in [2.24, 2.45) is 5.10 Å². The van der Waals surface area contributed by atoms with Crippen LogP contribution in [0.3, 0.4) is 0 Å². The fourth-order valence-corrected chi connectivity index (χ4v) is 3.34. The number of hydrazone groups is 1. The maximum Gasteiger partial charge on any atom is 0.310 e. The molecule has 0 N–H and O–H groups in total. The number of halogens is 1. The first-order chi connectivity index (χ1) is 12.1. The van der Waals surface area contributed by atoms with E-state index in [-0.39, 0.29) is 17.7 Å². The quantitative estimate of drug-likeness (QED) is 0.627. The van der Waals surface area contributed by atoms with Gasteiger partial charge in [0.1, 0.15) is 17.2 Å². The standard InChI is InChI=1S/C19H15BrN2O3/c1-12-7-8-17(25-12)15-11-16(13-4-2-5-14(20)10-13)22(21-15)19(23)18-6-3-9-24-18/h2-10,16H,11H2,1H3/t16-/m0/s1. The molecule has 0 bridgehead atoms. The van der Waals surface area contributed by atoms with Crippen molar-refractivity contribution in [2.45, 2.75) is 19.4 Å². The minimum atomic E-state index is -0.270. The number of furan rings is 2. The molecule has 0 saturated heterocycles. The number of benzene rings is 1. The number of rotatable bonds is 3. The van der Waals surface area contributed by atoms with Gasteiger partial charge in [-0.25, -0.2) is 5.01 Å². The number of aryl methyl sites for hydroxylation is 1. The molecule has 0 radical (unpaired) electrons. The number of hydrogen-bond acceptors (Lipinski definition) is 4. The molecule has 1 atom stereocenters. The molecule has 1 aliphatic heterocycles. The van der Waals surface area contributed by atoms with Crippen LogP contribution >= 0.6 is 15.9 Å². The molecule has 126 valence electrons. The maximum absolute atomic E-state index is 12.8. The van der Waals surface area contributed by atoms with Gasteiger partial charge in [-0.1, -0.05) is 28.1 Å². The van der Waals surface area contributed by atoms with E-state index in [1.165, 1.54) is 11.3 Å². The van der Waals surface area contributed by atoms with Gasteiger partial charge >= 0.3 is 5.91 Å². The summed E-state index contributed by atoms with van der Waals surface area (Å²) in [4.78, 5) is 12.8. The molecule has 1 aromatic carbocycles. The molecule has 4 rings (SSSR count). The Morgan fingerprint density at radius 2 is 2.12 bits per heavy atom. The first-order valence-corrected chi connectivity index (χ1v) is 8.68. The summed E-state index contributed by atoms with van der Waals surface area (Å²) in [5.41, 5.74) is 1.74. The topological polar surface area (TPSA) is 59.0 Å². The van der Waals surface area contributed by atoms with E-state index in [1.807, 2.05) is 43.3 Å². The zero-order valence-electron chi connectivity index (χ0n) is 13.5. The van der Waals surface area contributed by atoms with Crippen molar-refractivity contribution < 1.29 is 13.6 Å². The van der Waals surface area contributed by atoms with E-state index in [1.54, 1.807) is 12.1 Å². The molecule has 0 fully saturated rings. The molecule has 25 heavy (non-hydrogen) atoms. The molecular weight excluding hydrogens is 384 g/mol. The van der Waals surface area contributed by atoms with Crippen LogP contribution in [0, 0.1) is 6.92 Å². The van der Waals surface area contributed by atoms with E-state index in [4.69, 9.17) is 8.83 Å². The van der Waals surface area contributed by atoms with E-state index in [2.05, 4.69) is 21.0 Å². The van der Waals surface area contributed by atoms with Crippen molar-refractivity contribution >= 4 is 27.5 Å². The van der Waals surface area contributed by atoms with Gasteiger partial charge in [-0.2, -0.15) is 5.10 Å². The lowest BCUT2D eigenvalue weighted by atomic mass is 10.0. The molecule has 0 unspecified atom stereocenters. The molecule has 1 amide bonds. The zero-order chi connectivity index (χ0) is 17.4. The molecule has 3 aromatic rings. The third-order valence-corrected chi connectivity index (χ3v) is 4.60. The van der Waals surface area contributed by atoms with Gasteiger partial charge in [-0.3, -0.25) is 4.79 Å². The summed E-state index contributed by atoms with van der Waals surface area (Å²) < 4.78 is 11.9. The zero-order valence-corrected chi connectivity index (χ0v) is 15.1. The Morgan fingerprint density at radius 3 is 2.80 bits per heavy atom. The molecule has 5 nitrogen and oxygen atoms in total. The monoisotopic (exact) mass is 398 g/mol. The van der Waals surface area contributed by atoms with Gasteiger partial charge in [0, 0.05) is 10.9 Å². The predicted molar refractivity (Wildman–Crippen MR) is 96.4 cm³/mol. The molecule has 0 spiro atoms. The van der Waals surface area contributed by atoms with Crippen LogP contribution in [0.1, 0.15) is 40.1 Å². The summed E-state index contributed by atoms with van der Waals surface area (Å²) in [7, 11) is 0. The van der Waals surface area contributed by atoms with E-state index < -0.39 is 0 Å². The van der Waals surface area contributed by atoms with Crippen LogP contribution in [-0.2, 0) is 0 Å². The van der Waals surface area contributed by atoms with Crippen molar-refractivity contribution in [3.63, 3.8) is 0 Å². The highest BCUT2D eigenvalue weighted by Gasteiger charge is 2.35. The minimum Gasteiger partial charge on any atom is -0.460 e. The largest absolute Gasteiger partial charge is 0.460 e. The number of carbonyl (C=O) groups excluding carboxylic acids is 1. The van der Waals surface area contributed by atoms with E-state index in [0.29, 0.717) is 12.2 Å². The highest BCUT2D eigenvalue weighted by molar-refractivity contribution is 9.10. The Kier molecular flexibility index (Phi) is 4.05. The van der Waals surface area contributed by atoms with Gasteiger partial charge in [-0.15, -0.1) is 0 Å². The molecule has 3 heterocycles. The fraction of sp³-hybridized carbons (Fsp3) is 0.158. The lowest BCUT2D eigenvalue weighted by molar-refractivity contribution is 0.0678. The summed E-state index contributed by atoms with van der Waals surface area (Å²) >= 11 is 3.49. The van der Waals surface area contributed by atoms with Crippen LogP contribution in [0.25, 0.3) is 0 Å². The van der Waals surface area contributed by atoms with Crippen molar-refractivity contribution in [3.8, 4) is 0 Å². The Hall–Kier alpha value is -2.60. The summed E-state index contributed by atoms with van der Waals surface area (Å²) in [5, 5.41) is 6.03. The molecular formula is C19H15BrN2O3. The third-order valence-electron chi connectivity index (χ3n) is 4.11. The summed E-state index contributed by atoms with van der Waals surface area (Å²) in [5.74, 6) is 1.49. The van der Waals surface area contributed by atoms with Crippen LogP contribution in [0.5, 0.6) is 0 Å². The Labute approximate surface area is 153 Å². The molecule has 2 aromatic heterocycles. The first-order valence-electron chi connectivity index (χ1n) is 7.88. The fourth-order valence-electron chi connectivity index (χ4n) is 2.92. The van der Waals surface area contributed by atoms with Crippen molar-refractivity contribution in [1.82, 2.24) is 5.01 Å². The van der Waals surface area contributed by atoms with Gasteiger partial charge in [0.05, 0.1) is 12.3 Å². The third kappa shape index (κ3) is 3.05. The van der Waals surface area contributed by atoms with E-state index in [9.17, 15) is 4.79 Å². The Bertz CT molecular complexity index is 943. The Balaban J connectivity index is 1.73. The Morgan fingerprint density at radius 1 is 1.24 bits per heavy atom. The van der Waals surface area contributed by atoms with Gasteiger partial charge in [0.25, 0.3) is 0 Å². The van der Waals surface area contributed by atoms with Crippen LogP contribution < -0.4 is 0 Å². The molecule has 0 aliphatic carbocycles. The van der Waals surface area contributed by atoms with Crippen LogP contribution in [0.4, 0.5) is 0 Å². The summed E-state index contributed by atoms with van der Waals surface area (Å²) in [6, 6.07) is 14.8. The second kappa shape index (κ2) is 6.37. The van der Waals surface area contributed by atoms with Gasteiger partial charge in [0.15, 0.2) is 5.76 Å². The van der Waals surface area contributed by atoms with Crippen LogP contribution in [0.15, 0.2) is 73.2 Å². The van der Waals surface area contributed by atoms with Crippen molar-refractivity contribution in [3.05, 3.63) is 82.1 Å². The molecule has 6 heteroatoms. The maximum atomic E-state index is 12.8. The van der Waals surface area contributed by atoms with E-state index >= 15 is 0 Å². The number of amides is 1. The number of carbonyl (C=O) groups is 1. The normalized spacial score (nSPS) is 17.0. The van der Waals surface area contributed by atoms with Crippen LogP contribution in [-0.4, -0.2) is 16.6 Å². The number of hydrogen-bond donors (Lipinski definition) is 0. The highest BCUT2D eigenvalue weighted by Crippen LogP contribution is 2.35.